The monoisotopic (exact) mass is 436 g/mol. The fourth-order valence-electron chi connectivity index (χ4n) is 3.51. The summed E-state index contributed by atoms with van der Waals surface area (Å²) in [5.41, 5.74) is 2.67. The van der Waals surface area contributed by atoms with Gasteiger partial charge in [0.25, 0.3) is 0 Å². The number of carbonyl (C=O) groups is 2. The Bertz CT molecular complexity index is 907. The van der Waals surface area contributed by atoms with Gasteiger partial charge >= 0.3 is 0 Å². The molecule has 162 valence electrons. The van der Waals surface area contributed by atoms with Gasteiger partial charge in [-0.05, 0) is 29.8 Å². The molecule has 2 aromatic carbocycles. The molecule has 1 saturated heterocycles. The van der Waals surface area contributed by atoms with Crippen molar-refractivity contribution >= 4 is 35.0 Å². The minimum atomic E-state index is -0.187. The van der Waals surface area contributed by atoms with E-state index in [1.807, 2.05) is 60.3 Å². The number of rotatable bonds is 9. The Morgan fingerprint density at radius 2 is 1.84 bits per heavy atom. The van der Waals surface area contributed by atoms with E-state index in [-0.39, 0.29) is 31.1 Å². The van der Waals surface area contributed by atoms with Crippen LogP contribution in [0.25, 0.3) is 0 Å². The SMILES string of the molecule is N#CCCN(C(=O)CCC(=O)Nc1cccc(CN2CCSCC2)c1)c1ccccc1. The zero-order chi connectivity index (χ0) is 21.9. The zero-order valence-corrected chi connectivity index (χ0v) is 18.4. The number of para-hydroxylation sites is 1. The van der Waals surface area contributed by atoms with Gasteiger partial charge in [-0.1, -0.05) is 30.3 Å². The Kier molecular flexibility index (Phi) is 8.95. The topological polar surface area (TPSA) is 76.4 Å². The highest BCUT2D eigenvalue weighted by atomic mass is 32.2. The van der Waals surface area contributed by atoms with Gasteiger partial charge in [0.1, 0.15) is 0 Å². The maximum Gasteiger partial charge on any atom is 0.227 e. The second-order valence-electron chi connectivity index (χ2n) is 7.43. The molecule has 2 aromatic rings. The standard InChI is InChI=1S/C24H28N4O2S/c25-12-5-13-28(22-8-2-1-3-9-22)24(30)11-10-23(29)26-21-7-4-6-20(18-21)19-27-14-16-31-17-15-27/h1-4,6-9,18H,5,10-11,13-17,19H2,(H,26,29). The Hall–Kier alpha value is -2.82. The van der Waals surface area contributed by atoms with Crippen LogP contribution < -0.4 is 10.2 Å². The lowest BCUT2D eigenvalue weighted by molar-refractivity contribution is -0.122. The molecule has 0 aliphatic carbocycles. The second kappa shape index (κ2) is 12.1. The van der Waals surface area contributed by atoms with Crippen LogP contribution in [0.15, 0.2) is 54.6 Å². The molecule has 3 rings (SSSR count). The first kappa shape index (κ1) is 22.9. The van der Waals surface area contributed by atoms with E-state index in [0.717, 1.165) is 31.0 Å². The summed E-state index contributed by atoms with van der Waals surface area (Å²) in [4.78, 5) is 29.2. The van der Waals surface area contributed by atoms with Crippen LogP contribution >= 0.6 is 11.8 Å². The number of nitrogens with zero attached hydrogens (tertiary/aromatic N) is 3. The van der Waals surface area contributed by atoms with Gasteiger partial charge in [-0.25, -0.2) is 0 Å². The van der Waals surface area contributed by atoms with Crippen LogP contribution in [0.1, 0.15) is 24.8 Å². The normalized spacial score (nSPS) is 13.9. The molecule has 7 heteroatoms. The zero-order valence-electron chi connectivity index (χ0n) is 17.6. The molecule has 1 aliphatic heterocycles. The van der Waals surface area contributed by atoms with E-state index < -0.39 is 0 Å². The molecule has 1 fully saturated rings. The molecule has 31 heavy (non-hydrogen) atoms. The highest BCUT2D eigenvalue weighted by molar-refractivity contribution is 7.99. The summed E-state index contributed by atoms with van der Waals surface area (Å²) in [5, 5.41) is 11.8. The number of hydrogen-bond acceptors (Lipinski definition) is 5. The number of thioether (sulfide) groups is 1. The summed E-state index contributed by atoms with van der Waals surface area (Å²) < 4.78 is 0. The minimum Gasteiger partial charge on any atom is -0.326 e. The highest BCUT2D eigenvalue weighted by Crippen LogP contribution is 2.18. The molecule has 2 amide bonds. The lowest BCUT2D eigenvalue weighted by atomic mass is 10.1. The number of nitriles is 1. The van der Waals surface area contributed by atoms with Gasteiger partial charge in [-0.15, -0.1) is 0 Å². The third-order valence-corrected chi connectivity index (χ3v) is 6.05. The van der Waals surface area contributed by atoms with Gasteiger partial charge in [0, 0.05) is 61.9 Å². The average molecular weight is 437 g/mol. The molecular weight excluding hydrogens is 408 g/mol. The number of benzene rings is 2. The van der Waals surface area contributed by atoms with Crippen LogP contribution in [0.5, 0.6) is 0 Å². The van der Waals surface area contributed by atoms with Crippen LogP contribution in [-0.4, -0.2) is 47.9 Å². The minimum absolute atomic E-state index is 0.0945. The molecule has 1 heterocycles. The maximum absolute atomic E-state index is 12.7. The largest absolute Gasteiger partial charge is 0.326 e. The summed E-state index contributed by atoms with van der Waals surface area (Å²) in [6.45, 7) is 3.38. The van der Waals surface area contributed by atoms with E-state index >= 15 is 0 Å². The molecule has 0 radical (unpaired) electrons. The average Bonchev–Trinajstić information content (AvgIpc) is 2.79. The quantitative estimate of drug-likeness (QED) is 0.645. The van der Waals surface area contributed by atoms with Crippen molar-refractivity contribution in [1.29, 1.82) is 5.26 Å². The van der Waals surface area contributed by atoms with Crippen LogP contribution in [0.2, 0.25) is 0 Å². The number of anilines is 2. The fraction of sp³-hybridized carbons (Fsp3) is 0.375. The number of carbonyl (C=O) groups excluding carboxylic acids is 2. The molecule has 0 saturated carbocycles. The summed E-state index contributed by atoms with van der Waals surface area (Å²) >= 11 is 1.99. The molecule has 1 aliphatic rings. The first-order valence-corrected chi connectivity index (χ1v) is 11.7. The van der Waals surface area contributed by atoms with Crippen molar-refractivity contribution in [2.24, 2.45) is 0 Å². The van der Waals surface area contributed by atoms with Crippen molar-refractivity contribution in [3.63, 3.8) is 0 Å². The summed E-state index contributed by atoms with van der Waals surface area (Å²) in [6.07, 6.45) is 0.439. The van der Waals surface area contributed by atoms with Crippen molar-refractivity contribution in [2.45, 2.75) is 25.8 Å². The van der Waals surface area contributed by atoms with Gasteiger partial charge in [-0.3, -0.25) is 14.5 Å². The van der Waals surface area contributed by atoms with Crippen LogP contribution in [0, 0.1) is 11.3 Å². The van der Waals surface area contributed by atoms with E-state index in [1.54, 1.807) is 4.90 Å². The van der Waals surface area contributed by atoms with E-state index in [1.165, 1.54) is 17.1 Å². The third-order valence-electron chi connectivity index (χ3n) is 5.10. The van der Waals surface area contributed by atoms with Gasteiger partial charge in [0.05, 0.1) is 12.5 Å². The Morgan fingerprint density at radius 1 is 1.06 bits per heavy atom. The van der Waals surface area contributed by atoms with Crippen molar-refractivity contribution in [2.75, 3.05) is 41.4 Å². The fourth-order valence-corrected chi connectivity index (χ4v) is 4.49. The molecule has 0 spiro atoms. The van der Waals surface area contributed by atoms with Crippen molar-refractivity contribution in [3.05, 3.63) is 60.2 Å². The van der Waals surface area contributed by atoms with E-state index in [2.05, 4.69) is 22.4 Å². The molecule has 0 aromatic heterocycles. The smallest absolute Gasteiger partial charge is 0.227 e. The van der Waals surface area contributed by atoms with E-state index in [9.17, 15) is 9.59 Å². The van der Waals surface area contributed by atoms with Crippen LogP contribution in [0.4, 0.5) is 11.4 Å². The molecule has 0 bridgehead atoms. The van der Waals surface area contributed by atoms with Crippen molar-refractivity contribution in [1.82, 2.24) is 4.90 Å². The van der Waals surface area contributed by atoms with Crippen LogP contribution in [0.3, 0.4) is 0 Å². The Labute approximate surface area is 188 Å². The highest BCUT2D eigenvalue weighted by Gasteiger charge is 2.17. The summed E-state index contributed by atoms with van der Waals surface area (Å²) in [6, 6.07) is 19.2. The number of hydrogen-bond donors (Lipinski definition) is 1. The molecule has 1 N–H and O–H groups in total. The van der Waals surface area contributed by atoms with Crippen molar-refractivity contribution in [3.8, 4) is 6.07 Å². The lowest BCUT2D eigenvalue weighted by Crippen LogP contribution is -2.32. The lowest BCUT2D eigenvalue weighted by Gasteiger charge is -2.26. The predicted octanol–water partition coefficient (Wildman–Crippen LogP) is 3.90. The van der Waals surface area contributed by atoms with Crippen molar-refractivity contribution < 1.29 is 9.59 Å². The molecule has 0 atom stereocenters. The number of nitrogens with one attached hydrogen (secondary N) is 1. The third kappa shape index (κ3) is 7.42. The maximum atomic E-state index is 12.7. The first-order chi connectivity index (χ1) is 15.2. The molecule has 6 nitrogen and oxygen atoms in total. The molecular formula is C24H28N4O2S. The number of amides is 2. The molecule has 0 unspecified atom stereocenters. The van der Waals surface area contributed by atoms with Crippen LogP contribution in [-0.2, 0) is 16.1 Å². The summed E-state index contributed by atoms with van der Waals surface area (Å²) in [5.74, 6) is 1.99. The second-order valence-corrected chi connectivity index (χ2v) is 8.65. The van der Waals surface area contributed by atoms with Gasteiger partial charge in [0.2, 0.25) is 11.8 Å². The first-order valence-electron chi connectivity index (χ1n) is 10.6. The summed E-state index contributed by atoms with van der Waals surface area (Å²) in [7, 11) is 0. The predicted molar refractivity (Wildman–Crippen MR) is 126 cm³/mol. The van der Waals surface area contributed by atoms with E-state index in [4.69, 9.17) is 5.26 Å². The van der Waals surface area contributed by atoms with Gasteiger partial charge in [0.15, 0.2) is 0 Å². The Morgan fingerprint density at radius 3 is 2.58 bits per heavy atom. The van der Waals surface area contributed by atoms with Gasteiger partial charge in [-0.2, -0.15) is 17.0 Å². The Balaban J connectivity index is 1.52. The van der Waals surface area contributed by atoms with E-state index in [0.29, 0.717) is 6.54 Å². The van der Waals surface area contributed by atoms with Gasteiger partial charge < -0.3 is 10.2 Å².